The van der Waals surface area contributed by atoms with Gasteiger partial charge in [0.25, 0.3) is 0 Å². The maximum absolute atomic E-state index is 12.3. The lowest BCUT2D eigenvalue weighted by Gasteiger charge is -2.36. The van der Waals surface area contributed by atoms with Crippen LogP contribution in [0.2, 0.25) is 0 Å². The Morgan fingerprint density at radius 1 is 1.06 bits per heavy atom. The largest absolute Gasteiger partial charge is 0.454 e. The van der Waals surface area contributed by atoms with E-state index in [9.17, 15) is 4.79 Å². The van der Waals surface area contributed by atoms with Crippen LogP contribution in [0.15, 0.2) is 18.2 Å². The van der Waals surface area contributed by atoms with Gasteiger partial charge >= 0.3 is 0 Å². The number of ether oxygens (including phenoxy) is 2. The number of hydrogen-bond donors (Lipinski definition) is 1. The maximum atomic E-state index is 12.3. The van der Waals surface area contributed by atoms with Crippen molar-refractivity contribution in [3.63, 3.8) is 0 Å². The molecule has 0 bridgehead atoms. The van der Waals surface area contributed by atoms with Crippen molar-refractivity contribution in [3.8, 4) is 11.5 Å². The summed E-state index contributed by atoms with van der Waals surface area (Å²) in [5.74, 6) is 4.68. The third kappa shape index (κ3) is 4.87. The first-order chi connectivity index (χ1) is 15.2. The molecule has 5 nitrogen and oxygen atoms in total. The van der Waals surface area contributed by atoms with Gasteiger partial charge in [0.05, 0.1) is 0 Å². The predicted molar refractivity (Wildman–Crippen MR) is 121 cm³/mol. The van der Waals surface area contributed by atoms with Crippen molar-refractivity contribution in [1.82, 2.24) is 10.2 Å². The standard InChI is InChI=1S/C26H38N2O3/c1-18-15-21(16-18)26(29)27-22-7-5-19(6-8-22)9-12-28-13-10-20(11-14-28)23-3-2-4-24-25(23)31-17-30-24/h2-4,18-22H,5-17H2,1H3,(H,27,29). The highest BCUT2D eigenvalue weighted by Crippen LogP contribution is 2.42. The molecule has 5 rings (SSSR count). The normalized spacial score (nSPS) is 31.3. The molecule has 170 valence electrons. The summed E-state index contributed by atoms with van der Waals surface area (Å²) in [6.07, 6.45) is 10.8. The first-order valence-corrected chi connectivity index (χ1v) is 12.6. The molecule has 1 amide bonds. The molecule has 31 heavy (non-hydrogen) atoms. The monoisotopic (exact) mass is 426 g/mol. The second-order valence-corrected chi connectivity index (χ2v) is 10.5. The van der Waals surface area contributed by atoms with Gasteiger partial charge in [-0.15, -0.1) is 0 Å². The first kappa shape index (κ1) is 21.1. The SMILES string of the molecule is CC1CC(C(=O)NC2CCC(CCN3CCC(c4cccc5c4OCO5)CC3)CC2)C1. The Labute approximate surface area is 186 Å². The van der Waals surface area contributed by atoms with Crippen molar-refractivity contribution < 1.29 is 14.3 Å². The molecule has 0 atom stereocenters. The number of nitrogens with one attached hydrogen (secondary N) is 1. The molecule has 5 heteroatoms. The number of carbonyl (C=O) groups is 1. The van der Waals surface area contributed by atoms with Gasteiger partial charge < -0.3 is 19.7 Å². The summed E-state index contributed by atoms with van der Waals surface area (Å²) in [5, 5.41) is 3.34. The third-order valence-electron chi connectivity index (χ3n) is 8.25. The smallest absolute Gasteiger partial charge is 0.231 e. The van der Waals surface area contributed by atoms with Gasteiger partial charge in [0.2, 0.25) is 12.7 Å². The Bertz CT molecular complexity index is 760. The Morgan fingerprint density at radius 3 is 2.58 bits per heavy atom. The van der Waals surface area contributed by atoms with Crippen molar-refractivity contribution in [2.75, 3.05) is 26.4 Å². The fourth-order valence-corrected chi connectivity index (χ4v) is 6.14. The van der Waals surface area contributed by atoms with Crippen LogP contribution in [0.1, 0.15) is 76.2 Å². The molecule has 2 aliphatic carbocycles. The van der Waals surface area contributed by atoms with E-state index >= 15 is 0 Å². The molecule has 1 aromatic rings. The van der Waals surface area contributed by atoms with Crippen LogP contribution in [0, 0.1) is 17.8 Å². The second-order valence-electron chi connectivity index (χ2n) is 10.5. The summed E-state index contributed by atoms with van der Waals surface area (Å²) in [4.78, 5) is 15.0. The first-order valence-electron chi connectivity index (χ1n) is 12.6. The Hall–Kier alpha value is -1.75. The molecular weight excluding hydrogens is 388 g/mol. The van der Waals surface area contributed by atoms with E-state index in [0.29, 0.717) is 30.6 Å². The van der Waals surface area contributed by atoms with Gasteiger partial charge in [-0.3, -0.25) is 4.79 Å². The maximum Gasteiger partial charge on any atom is 0.231 e. The molecule has 3 fully saturated rings. The van der Waals surface area contributed by atoms with Crippen LogP contribution in [-0.2, 0) is 4.79 Å². The number of benzene rings is 1. The van der Waals surface area contributed by atoms with E-state index < -0.39 is 0 Å². The van der Waals surface area contributed by atoms with E-state index in [-0.39, 0.29) is 0 Å². The molecule has 1 aromatic carbocycles. The Balaban J connectivity index is 1.00. The molecule has 4 aliphatic rings. The summed E-state index contributed by atoms with van der Waals surface area (Å²) in [7, 11) is 0. The molecule has 2 aliphatic heterocycles. The molecular formula is C26H38N2O3. The number of carbonyl (C=O) groups excluding carboxylic acids is 1. The highest BCUT2D eigenvalue weighted by atomic mass is 16.7. The van der Waals surface area contributed by atoms with Gasteiger partial charge in [0, 0.05) is 17.5 Å². The van der Waals surface area contributed by atoms with E-state index in [2.05, 4.69) is 29.3 Å². The summed E-state index contributed by atoms with van der Waals surface area (Å²) < 4.78 is 11.3. The van der Waals surface area contributed by atoms with E-state index in [1.54, 1.807) is 0 Å². The number of hydrogen-bond acceptors (Lipinski definition) is 4. The van der Waals surface area contributed by atoms with Crippen LogP contribution in [0.3, 0.4) is 0 Å². The minimum atomic E-state index is 0.298. The highest BCUT2D eigenvalue weighted by Gasteiger charge is 2.33. The van der Waals surface area contributed by atoms with E-state index in [0.717, 1.165) is 36.2 Å². The minimum Gasteiger partial charge on any atom is -0.454 e. The van der Waals surface area contributed by atoms with Crippen molar-refractivity contribution in [1.29, 1.82) is 0 Å². The summed E-state index contributed by atoms with van der Waals surface area (Å²) in [6.45, 7) is 6.19. The summed E-state index contributed by atoms with van der Waals surface area (Å²) in [5.41, 5.74) is 1.34. The zero-order valence-corrected chi connectivity index (χ0v) is 19.0. The number of rotatable bonds is 6. The fraction of sp³-hybridized carbons (Fsp3) is 0.731. The van der Waals surface area contributed by atoms with Crippen LogP contribution < -0.4 is 14.8 Å². The van der Waals surface area contributed by atoms with Gasteiger partial charge in [-0.1, -0.05) is 19.1 Å². The minimum absolute atomic E-state index is 0.298. The van der Waals surface area contributed by atoms with Crippen molar-refractivity contribution in [2.45, 2.75) is 76.7 Å². The van der Waals surface area contributed by atoms with E-state index in [1.165, 1.54) is 70.1 Å². The fourth-order valence-electron chi connectivity index (χ4n) is 6.14. The van der Waals surface area contributed by atoms with Crippen LogP contribution in [0.25, 0.3) is 0 Å². The van der Waals surface area contributed by atoms with Crippen molar-refractivity contribution in [3.05, 3.63) is 23.8 Å². The number of piperidine rings is 1. The lowest BCUT2D eigenvalue weighted by Crippen LogP contribution is -2.44. The van der Waals surface area contributed by atoms with Crippen molar-refractivity contribution in [2.24, 2.45) is 17.8 Å². The Kier molecular flexibility index (Phi) is 6.40. The van der Waals surface area contributed by atoms with Gasteiger partial charge in [0.1, 0.15) is 0 Å². The summed E-state index contributed by atoms with van der Waals surface area (Å²) in [6, 6.07) is 6.75. The third-order valence-corrected chi connectivity index (χ3v) is 8.25. The van der Waals surface area contributed by atoms with Crippen LogP contribution in [0.5, 0.6) is 11.5 Å². The zero-order valence-electron chi connectivity index (χ0n) is 19.0. The van der Waals surface area contributed by atoms with Crippen molar-refractivity contribution >= 4 is 5.91 Å². The molecule has 2 saturated carbocycles. The number of nitrogens with zero attached hydrogens (tertiary/aromatic N) is 1. The zero-order chi connectivity index (χ0) is 21.2. The van der Waals surface area contributed by atoms with Crippen LogP contribution >= 0.6 is 0 Å². The van der Waals surface area contributed by atoms with Gasteiger partial charge in [-0.05, 0) is 101 Å². The lowest BCUT2D eigenvalue weighted by atomic mass is 9.75. The molecule has 1 N–H and O–H groups in total. The quantitative estimate of drug-likeness (QED) is 0.716. The molecule has 0 radical (unpaired) electrons. The number of para-hydroxylation sites is 1. The molecule has 2 heterocycles. The highest BCUT2D eigenvalue weighted by molar-refractivity contribution is 5.79. The number of likely N-dealkylation sites (tertiary alicyclic amines) is 1. The van der Waals surface area contributed by atoms with E-state index in [4.69, 9.17) is 9.47 Å². The summed E-state index contributed by atoms with van der Waals surface area (Å²) >= 11 is 0. The average molecular weight is 427 g/mol. The van der Waals surface area contributed by atoms with Gasteiger partial charge in [-0.25, -0.2) is 0 Å². The van der Waals surface area contributed by atoms with E-state index in [1.807, 2.05) is 6.07 Å². The lowest BCUT2D eigenvalue weighted by molar-refractivity contribution is -0.129. The Morgan fingerprint density at radius 2 is 1.84 bits per heavy atom. The molecule has 0 spiro atoms. The predicted octanol–water partition coefficient (Wildman–Crippen LogP) is 4.71. The average Bonchev–Trinajstić information content (AvgIpc) is 3.26. The topological polar surface area (TPSA) is 50.8 Å². The molecule has 1 saturated heterocycles. The van der Waals surface area contributed by atoms with Gasteiger partial charge in [0.15, 0.2) is 11.5 Å². The van der Waals surface area contributed by atoms with Gasteiger partial charge in [-0.2, -0.15) is 0 Å². The number of fused-ring (bicyclic) bond motifs is 1. The second kappa shape index (κ2) is 9.40. The van der Waals surface area contributed by atoms with Crippen LogP contribution in [0.4, 0.5) is 0 Å². The molecule has 0 unspecified atom stereocenters. The molecule has 0 aromatic heterocycles. The van der Waals surface area contributed by atoms with Crippen LogP contribution in [-0.4, -0.2) is 43.3 Å². The number of amides is 1.